The van der Waals surface area contributed by atoms with Gasteiger partial charge < -0.3 is 14.8 Å². The average molecular weight is 279 g/mol. The van der Waals surface area contributed by atoms with E-state index in [4.69, 9.17) is 9.47 Å². The smallest absolute Gasteiger partial charge is 0.183 e. The predicted molar refractivity (Wildman–Crippen MR) is 79.3 cm³/mol. The highest BCUT2D eigenvalue weighted by Crippen LogP contribution is 2.29. The van der Waals surface area contributed by atoms with Crippen LogP contribution in [0.2, 0.25) is 0 Å². The van der Waals surface area contributed by atoms with Gasteiger partial charge in [-0.25, -0.2) is 0 Å². The van der Waals surface area contributed by atoms with Gasteiger partial charge in [0, 0.05) is 31.4 Å². The van der Waals surface area contributed by atoms with E-state index in [1.165, 1.54) is 6.42 Å². The van der Waals surface area contributed by atoms with Crippen molar-refractivity contribution in [3.05, 3.63) is 18.0 Å². The Morgan fingerprint density at radius 3 is 2.95 bits per heavy atom. The second-order valence-corrected chi connectivity index (χ2v) is 5.14. The van der Waals surface area contributed by atoms with E-state index < -0.39 is 0 Å². The summed E-state index contributed by atoms with van der Waals surface area (Å²) in [7, 11) is 3.33. The largest absolute Gasteiger partial charge is 0.493 e. The summed E-state index contributed by atoms with van der Waals surface area (Å²) in [5, 5.41) is 3.58. The first-order valence-corrected chi connectivity index (χ1v) is 7.30. The van der Waals surface area contributed by atoms with E-state index in [1.807, 2.05) is 6.07 Å². The third-order valence-electron chi connectivity index (χ3n) is 3.80. The van der Waals surface area contributed by atoms with Crippen LogP contribution >= 0.6 is 0 Å². The fourth-order valence-corrected chi connectivity index (χ4v) is 2.67. The van der Waals surface area contributed by atoms with Gasteiger partial charge in [0.2, 0.25) is 0 Å². The summed E-state index contributed by atoms with van der Waals surface area (Å²) < 4.78 is 10.8. The third-order valence-corrected chi connectivity index (χ3v) is 3.80. The van der Waals surface area contributed by atoms with Crippen molar-refractivity contribution < 1.29 is 9.47 Å². The maximum Gasteiger partial charge on any atom is 0.183 e. The molecule has 0 radical (unpaired) electrons. The van der Waals surface area contributed by atoms with Crippen molar-refractivity contribution in [3.8, 4) is 11.5 Å². The molecule has 1 N–H and O–H groups in total. The van der Waals surface area contributed by atoms with E-state index in [0.29, 0.717) is 6.04 Å². The van der Waals surface area contributed by atoms with Crippen LogP contribution in [0.4, 0.5) is 0 Å². The maximum absolute atomic E-state index is 5.46. The van der Waals surface area contributed by atoms with Crippen molar-refractivity contribution in [2.24, 2.45) is 0 Å². The van der Waals surface area contributed by atoms with E-state index in [2.05, 4.69) is 22.1 Å². The summed E-state index contributed by atoms with van der Waals surface area (Å²) in [5.74, 6) is 1.50. The van der Waals surface area contributed by atoms with Gasteiger partial charge in [0.1, 0.15) is 5.69 Å². The zero-order valence-electron chi connectivity index (χ0n) is 12.7. The van der Waals surface area contributed by atoms with E-state index in [-0.39, 0.29) is 0 Å². The number of nitrogens with zero attached hydrogens (tertiary/aromatic N) is 2. The second kappa shape index (κ2) is 7.45. The Hall–Kier alpha value is -1.33. The molecule has 1 aromatic heterocycles. The van der Waals surface area contributed by atoms with Gasteiger partial charge in [0.05, 0.1) is 14.2 Å². The van der Waals surface area contributed by atoms with Crippen LogP contribution in [0.5, 0.6) is 11.5 Å². The molecule has 0 amide bonds. The Kier molecular flexibility index (Phi) is 5.61. The lowest BCUT2D eigenvalue weighted by molar-refractivity contribution is 0.248. The first-order chi connectivity index (χ1) is 9.78. The number of hydrogen-bond donors (Lipinski definition) is 1. The summed E-state index contributed by atoms with van der Waals surface area (Å²) in [5.41, 5.74) is 0.948. The number of nitrogens with one attached hydrogen (secondary N) is 1. The van der Waals surface area contributed by atoms with Gasteiger partial charge in [-0.1, -0.05) is 6.92 Å². The van der Waals surface area contributed by atoms with E-state index >= 15 is 0 Å². The first-order valence-electron chi connectivity index (χ1n) is 7.30. The minimum atomic E-state index is 0.564. The number of ether oxygens (including phenoxy) is 2. The molecular weight excluding hydrogens is 254 g/mol. The van der Waals surface area contributed by atoms with Crippen LogP contribution < -0.4 is 14.8 Å². The van der Waals surface area contributed by atoms with Crippen LogP contribution in [-0.4, -0.2) is 49.8 Å². The van der Waals surface area contributed by atoms with Crippen LogP contribution in [0.1, 0.15) is 25.5 Å². The molecule has 2 rings (SSSR count). The lowest BCUT2D eigenvalue weighted by Gasteiger charge is -2.24. The van der Waals surface area contributed by atoms with Gasteiger partial charge in [-0.3, -0.25) is 9.88 Å². The molecule has 1 atom stereocenters. The topological polar surface area (TPSA) is 46.6 Å². The Balaban J connectivity index is 2.12. The molecule has 2 heterocycles. The maximum atomic E-state index is 5.46. The van der Waals surface area contributed by atoms with Gasteiger partial charge in [-0.2, -0.15) is 0 Å². The van der Waals surface area contributed by atoms with Gasteiger partial charge in [0.25, 0.3) is 0 Å². The highest BCUT2D eigenvalue weighted by molar-refractivity contribution is 5.42. The Morgan fingerprint density at radius 1 is 1.40 bits per heavy atom. The molecule has 0 aromatic carbocycles. The summed E-state index contributed by atoms with van der Waals surface area (Å²) >= 11 is 0. The van der Waals surface area contributed by atoms with Crippen LogP contribution in [0.15, 0.2) is 12.3 Å². The van der Waals surface area contributed by atoms with Crippen LogP contribution in [0.3, 0.4) is 0 Å². The van der Waals surface area contributed by atoms with Gasteiger partial charge in [-0.05, 0) is 25.9 Å². The van der Waals surface area contributed by atoms with Crippen molar-refractivity contribution in [3.63, 3.8) is 0 Å². The fourth-order valence-electron chi connectivity index (χ4n) is 2.67. The van der Waals surface area contributed by atoms with Crippen molar-refractivity contribution in [2.75, 3.05) is 33.9 Å². The molecule has 20 heavy (non-hydrogen) atoms. The highest BCUT2D eigenvalue weighted by Gasteiger charge is 2.19. The lowest BCUT2D eigenvalue weighted by atomic mass is 10.2. The minimum Gasteiger partial charge on any atom is -0.493 e. The second-order valence-electron chi connectivity index (χ2n) is 5.14. The molecule has 0 spiro atoms. The molecule has 5 heteroatoms. The van der Waals surface area contributed by atoms with Gasteiger partial charge in [0.15, 0.2) is 11.5 Å². The number of rotatable bonds is 5. The Labute approximate surface area is 121 Å². The van der Waals surface area contributed by atoms with Crippen molar-refractivity contribution >= 4 is 0 Å². The Morgan fingerprint density at radius 2 is 2.25 bits per heavy atom. The summed E-state index contributed by atoms with van der Waals surface area (Å²) in [6.45, 7) is 6.27. The van der Waals surface area contributed by atoms with Crippen LogP contribution in [0, 0.1) is 0 Å². The zero-order chi connectivity index (χ0) is 14.4. The van der Waals surface area contributed by atoms with Gasteiger partial charge in [-0.15, -0.1) is 0 Å². The van der Waals surface area contributed by atoms with Crippen molar-refractivity contribution in [2.45, 2.75) is 32.4 Å². The number of hydrogen-bond acceptors (Lipinski definition) is 5. The normalized spacial score (nSPS) is 20.4. The van der Waals surface area contributed by atoms with Crippen LogP contribution in [0.25, 0.3) is 0 Å². The molecule has 1 aliphatic heterocycles. The van der Waals surface area contributed by atoms with Crippen molar-refractivity contribution in [1.29, 1.82) is 0 Å². The molecule has 112 valence electrons. The lowest BCUT2D eigenvalue weighted by Crippen LogP contribution is -2.37. The minimum absolute atomic E-state index is 0.564. The third kappa shape index (κ3) is 3.61. The fraction of sp³-hybridized carbons (Fsp3) is 0.667. The van der Waals surface area contributed by atoms with Gasteiger partial charge >= 0.3 is 0 Å². The molecule has 1 unspecified atom stereocenters. The predicted octanol–water partition coefficient (Wildman–Crippen LogP) is 1.67. The molecule has 0 saturated carbocycles. The highest BCUT2D eigenvalue weighted by atomic mass is 16.5. The van der Waals surface area contributed by atoms with E-state index in [0.717, 1.165) is 49.8 Å². The summed E-state index contributed by atoms with van der Waals surface area (Å²) in [6.07, 6.45) is 4.10. The molecule has 0 bridgehead atoms. The zero-order valence-corrected chi connectivity index (χ0v) is 12.7. The standard InChI is InChI=1S/C15H25N3O2/c1-4-12-10-18(9-5-7-16-12)11-13-15(20-3)14(19-2)6-8-17-13/h6,8,12,16H,4-5,7,9-11H2,1-3H3. The summed E-state index contributed by atoms with van der Waals surface area (Å²) in [6, 6.07) is 2.40. The monoisotopic (exact) mass is 279 g/mol. The summed E-state index contributed by atoms with van der Waals surface area (Å²) in [4.78, 5) is 6.91. The molecule has 1 aliphatic rings. The van der Waals surface area contributed by atoms with Crippen LogP contribution in [-0.2, 0) is 6.54 Å². The average Bonchev–Trinajstić information content (AvgIpc) is 2.72. The quantitative estimate of drug-likeness (QED) is 0.888. The molecular formula is C15H25N3O2. The van der Waals surface area contributed by atoms with E-state index in [1.54, 1.807) is 20.4 Å². The van der Waals surface area contributed by atoms with E-state index in [9.17, 15) is 0 Å². The molecule has 5 nitrogen and oxygen atoms in total. The van der Waals surface area contributed by atoms with Crippen molar-refractivity contribution in [1.82, 2.24) is 15.2 Å². The molecule has 1 fully saturated rings. The molecule has 1 aromatic rings. The molecule has 0 aliphatic carbocycles. The first kappa shape index (κ1) is 15.1. The number of methoxy groups -OCH3 is 2. The SMILES string of the molecule is CCC1CN(Cc2nccc(OC)c2OC)CCCN1. The number of aromatic nitrogens is 1. The molecule has 1 saturated heterocycles. The Bertz CT molecular complexity index is 426. The number of pyridine rings is 1.